The molecule has 0 saturated carbocycles. The summed E-state index contributed by atoms with van der Waals surface area (Å²) in [6.07, 6.45) is 0.784. The van der Waals surface area contributed by atoms with Crippen molar-refractivity contribution in [2.45, 2.75) is 79.6 Å². The van der Waals surface area contributed by atoms with E-state index in [-0.39, 0.29) is 49.8 Å². The van der Waals surface area contributed by atoms with Crippen LogP contribution in [-0.4, -0.2) is 126 Å². The lowest BCUT2D eigenvalue weighted by Crippen LogP contribution is -2.28. The largest absolute Gasteiger partial charge is 0.396 e. The van der Waals surface area contributed by atoms with Crippen LogP contribution in [0, 0.1) is 29.6 Å². The first-order valence-corrected chi connectivity index (χ1v) is 15.7. The summed E-state index contributed by atoms with van der Waals surface area (Å²) in [5.74, 6) is 1.31. The highest BCUT2D eigenvalue weighted by atomic mass is 16.5. The Labute approximate surface area is 250 Å². The monoisotopic (exact) mass is 596 g/mol. The molecule has 3 N–H and O–H groups in total. The molecule has 0 aliphatic carbocycles. The van der Waals surface area contributed by atoms with E-state index in [2.05, 4.69) is 34.6 Å². The smallest absolute Gasteiger partial charge is 0.100 e. The molecule has 0 spiro atoms. The molecule has 41 heavy (non-hydrogen) atoms. The van der Waals surface area contributed by atoms with Gasteiger partial charge in [0, 0.05) is 36.2 Å². The SMILES string of the molecule is CCC(COC[C@@H](C)COC[C@@H](C)COCC(CC)OC[C@H](C)COC[C@@H](C)COC[C@H](C)CO)OCC(O)CO. The number of hydrogen-bond donors (Lipinski definition) is 3. The highest BCUT2D eigenvalue weighted by molar-refractivity contribution is 4.61. The fraction of sp³-hybridized carbons (Fsp3) is 1.00. The zero-order valence-corrected chi connectivity index (χ0v) is 27.1. The Morgan fingerprint density at radius 2 is 0.732 bits per heavy atom. The molecule has 0 radical (unpaired) electrons. The van der Waals surface area contributed by atoms with Crippen LogP contribution in [0.3, 0.4) is 0 Å². The van der Waals surface area contributed by atoms with Crippen LogP contribution in [0.5, 0.6) is 0 Å². The van der Waals surface area contributed by atoms with Gasteiger partial charge in [-0.1, -0.05) is 48.5 Å². The van der Waals surface area contributed by atoms with Crippen molar-refractivity contribution in [3.63, 3.8) is 0 Å². The van der Waals surface area contributed by atoms with Gasteiger partial charge in [0.15, 0.2) is 0 Å². The summed E-state index contributed by atoms with van der Waals surface area (Å²) >= 11 is 0. The highest BCUT2D eigenvalue weighted by Gasteiger charge is 2.14. The van der Waals surface area contributed by atoms with Crippen LogP contribution in [0.2, 0.25) is 0 Å². The maximum atomic E-state index is 9.41. The molecule has 0 aromatic heterocycles. The predicted molar refractivity (Wildman–Crippen MR) is 160 cm³/mol. The fourth-order valence-corrected chi connectivity index (χ4v) is 3.63. The molecular formula is C31H64O10. The second-order valence-corrected chi connectivity index (χ2v) is 12.0. The summed E-state index contributed by atoms with van der Waals surface area (Å²) in [6, 6.07) is 0. The Hall–Kier alpha value is -0.400. The Kier molecular flexibility index (Phi) is 26.9. The molecule has 10 heteroatoms. The summed E-state index contributed by atoms with van der Waals surface area (Å²) in [5.41, 5.74) is 0. The standard InChI is InChI=1S/C31H64O10/c1-8-30(40-20-28(7)19-37-14-25(4)13-35-12-24(3)10-32)22-38-17-26(5)15-36-16-27(6)18-39-23-31(9-2)41-21-29(34)11-33/h24-34H,8-23H2,1-7H3/t24-,25+,26-,27+,28-,29?,30?,31?/m1/s1. The van der Waals surface area contributed by atoms with Crippen LogP contribution >= 0.6 is 0 Å². The van der Waals surface area contributed by atoms with Gasteiger partial charge in [-0.3, -0.25) is 0 Å². The zero-order chi connectivity index (χ0) is 30.9. The van der Waals surface area contributed by atoms with Gasteiger partial charge in [-0.15, -0.1) is 0 Å². The Balaban J connectivity index is 3.88. The topological polar surface area (TPSA) is 125 Å². The molecular weight excluding hydrogens is 532 g/mol. The quantitative estimate of drug-likeness (QED) is 0.114. The number of aliphatic hydroxyl groups excluding tert-OH is 3. The van der Waals surface area contributed by atoms with Crippen molar-refractivity contribution < 1.29 is 48.5 Å². The van der Waals surface area contributed by atoms with E-state index in [0.29, 0.717) is 84.5 Å². The van der Waals surface area contributed by atoms with Crippen LogP contribution in [0.1, 0.15) is 61.3 Å². The lowest BCUT2D eigenvalue weighted by molar-refractivity contribution is -0.0682. The molecule has 8 atom stereocenters. The van der Waals surface area contributed by atoms with Crippen molar-refractivity contribution >= 4 is 0 Å². The minimum absolute atomic E-state index is 0.0615. The average molecular weight is 597 g/mol. The minimum Gasteiger partial charge on any atom is -0.396 e. The van der Waals surface area contributed by atoms with Gasteiger partial charge < -0.3 is 48.5 Å². The summed E-state index contributed by atoms with van der Waals surface area (Å²) < 4.78 is 40.7. The molecule has 0 aromatic carbocycles. The number of rotatable bonds is 30. The van der Waals surface area contributed by atoms with Crippen LogP contribution in [0.25, 0.3) is 0 Å². The van der Waals surface area contributed by atoms with Gasteiger partial charge in [-0.2, -0.15) is 0 Å². The van der Waals surface area contributed by atoms with Crippen molar-refractivity contribution in [3.8, 4) is 0 Å². The summed E-state index contributed by atoms with van der Waals surface area (Å²) in [5, 5.41) is 27.3. The molecule has 10 nitrogen and oxygen atoms in total. The molecule has 0 bridgehead atoms. The molecule has 3 unspecified atom stereocenters. The van der Waals surface area contributed by atoms with Gasteiger partial charge in [-0.05, 0) is 12.8 Å². The molecule has 0 aliphatic heterocycles. The molecule has 0 amide bonds. The van der Waals surface area contributed by atoms with Crippen molar-refractivity contribution in [2.24, 2.45) is 29.6 Å². The van der Waals surface area contributed by atoms with E-state index in [4.69, 9.17) is 43.4 Å². The van der Waals surface area contributed by atoms with Crippen LogP contribution in [0.15, 0.2) is 0 Å². The Bertz CT molecular complexity index is 555. The van der Waals surface area contributed by atoms with Crippen molar-refractivity contribution in [1.82, 2.24) is 0 Å². The number of aliphatic hydroxyl groups is 3. The van der Waals surface area contributed by atoms with E-state index in [9.17, 15) is 5.11 Å². The van der Waals surface area contributed by atoms with Gasteiger partial charge in [0.1, 0.15) is 6.10 Å². The third kappa shape index (κ3) is 24.7. The fourth-order valence-electron chi connectivity index (χ4n) is 3.63. The first kappa shape index (κ1) is 40.6. The first-order valence-electron chi connectivity index (χ1n) is 15.7. The van der Waals surface area contributed by atoms with Crippen molar-refractivity contribution in [3.05, 3.63) is 0 Å². The first-order chi connectivity index (χ1) is 19.6. The van der Waals surface area contributed by atoms with Gasteiger partial charge in [0.25, 0.3) is 0 Å². The van der Waals surface area contributed by atoms with Crippen molar-refractivity contribution in [2.75, 3.05) is 92.5 Å². The van der Waals surface area contributed by atoms with E-state index in [1.165, 1.54) is 0 Å². The maximum Gasteiger partial charge on any atom is 0.100 e. The second-order valence-electron chi connectivity index (χ2n) is 12.0. The predicted octanol–water partition coefficient (Wildman–Crippen LogP) is 3.19. The normalized spacial score (nSPS) is 18.0. The van der Waals surface area contributed by atoms with Crippen molar-refractivity contribution in [1.29, 1.82) is 0 Å². The molecule has 0 aromatic rings. The minimum atomic E-state index is -0.851. The lowest BCUT2D eigenvalue weighted by Gasteiger charge is -2.21. The molecule has 0 fully saturated rings. The van der Waals surface area contributed by atoms with E-state index in [1.54, 1.807) is 0 Å². The number of hydrogen-bond acceptors (Lipinski definition) is 10. The molecule has 0 rings (SSSR count). The third-order valence-electron chi connectivity index (χ3n) is 6.40. The summed E-state index contributed by atoms with van der Waals surface area (Å²) in [7, 11) is 0. The van der Waals surface area contributed by atoms with Gasteiger partial charge in [0.05, 0.1) is 98.1 Å². The second kappa shape index (κ2) is 27.2. The molecule has 0 saturated heterocycles. The van der Waals surface area contributed by atoms with E-state index in [0.717, 1.165) is 12.8 Å². The van der Waals surface area contributed by atoms with Gasteiger partial charge >= 0.3 is 0 Å². The van der Waals surface area contributed by atoms with Crippen LogP contribution < -0.4 is 0 Å². The molecule has 0 heterocycles. The molecule has 248 valence electrons. The van der Waals surface area contributed by atoms with E-state index in [1.807, 2.05) is 13.8 Å². The van der Waals surface area contributed by atoms with E-state index >= 15 is 0 Å². The summed E-state index contributed by atoms with van der Waals surface area (Å²) in [4.78, 5) is 0. The summed E-state index contributed by atoms with van der Waals surface area (Å²) in [6.45, 7) is 21.1. The maximum absolute atomic E-state index is 9.41. The van der Waals surface area contributed by atoms with E-state index < -0.39 is 6.10 Å². The number of ether oxygens (including phenoxy) is 7. The van der Waals surface area contributed by atoms with Gasteiger partial charge in [-0.25, -0.2) is 0 Å². The van der Waals surface area contributed by atoms with Crippen LogP contribution in [-0.2, 0) is 33.2 Å². The highest BCUT2D eigenvalue weighted by Crippen LogP contribution is 2.09. The third-order valence-corrected chi connectivity index (χ3v) is 6.40. The van der Waals surface area contributed by atoms with Gasteiger partial charge in [0.2, 0.25) is 0 Å². The average Bonchev–Trinajstić information content (AvgIpc) is 2.96. The van der Waals surface area contributed by atoms with Crippen LogP contribution in [0.4, 0.5) is 0 Å². The molecule has 0 aliphatic rings. The Morgan fingerprint density at radius 1 is 0.415 bits per heavy atom. The zero-order valence-electron chi connectivity index (χ0n) is 27.1. The Morgan fingerprint density at radius 3 is 1.07 bits per heavy atom. The lowest BCUT2D eigenvalue weighted by atomic mass is 10.2.